The van der Waals surface area contributed by atoms with Crippen molar-refractivity contribution >= 4 is 5.91 Å². The van der Waals surface area contributed by atoms with E-state index in [-0.39, 0.29) is 17.6 Å². The molecule has 1 saturated heterocycles. The topological polar surface area (TPSA) is 35.6 Å². The third-order valence-corrected chi connectivity index (χ3v) is 4.89. The third kappa shape index (κ3) is 3.98. The minimum absolute atomic E-state index is 0.0331. The Morgan fingerprint density at radius 3 is 2.43 bits per heavy atom. The lowest BCUT2D eigenvalue weighted by Gasteiger charge is -2.37. The molecule has 2 unspecified atom stereocenters. The molecule has 0 aromatic heterocycles. The molecule has 21 heavy (non-hydrogen) atoms. The molecule has 0 aromatic carbocycles. The van der Waals surface area contributed by atoms with Crippen LogP contribution in [-0.4, -0.2) is 55.1 Å². The molecule has 2 aliphatic rings. The van der Waals surface area contributed by atoms with Crippen molar-refractivity contribution in [3.63, 3.8) is 0 Å². The van der Waals surface area contributed by atoms with Gasteiger partial charge in [-0.1, -0.05) is 33.6 Å². The van der Waals surface area contributed by atoms with Crippen molar-refractivity contribution in [3.8, 4) is 0 Å². The lowest BCUT2D eigenvalue weighted by molar-refractivity contribution is -0.132. The van der Waals surface area contributed by atoms with Gasteiger partial charge in [0.05, 0.1) is 12.2 Å². The SMILES string of the molecule is CCC1NC(C2CCCC2)N(CC(C)(C)CN(C)C)C1=O. The van der Waals surface area contributed by atoms with E-state index in [1.807, 2.05) is 0 Å². The largest absolute Gasteiger partial charge is 0.325 e. The van der Waals surface area contributed by atoms with E-state index in [0.717, 1.165) is 19.5 Å². The number of carbonyl (C=O) groups excluding carboxylic acids is 1. The van der Waals surface area contributed by atoms with Crippen LogP contribution < -0.4 is 5.32 Å². The second kappa shape index (κ2) is 6.66. The van der Waals surface area contributed by atoms with Crippen molar-refractivity contribution < 1.29 is 4.79 Å². The molecule has 0 bridgehead atoms. The third-order valence-electron chi connectivity index (χ3n) is 4.89. The Balaban J connectivity index is 2.10. The zero-order chi connectivity index (χ0) is 15.6. The summed E-state index contributed by atoms with van der Waals surface area (Å²) >= 11 is 0. The van der Waals surface area contributed by atoms with Crippen molar-refractivity contribution in [2.24, 2.45) is 11.3 Å². The number of amides is 1. The van der Waals surface area contributed by atoms with Crippen LogP contribution in [0.5, 0.6) is 0 Å². The van der Waals surface area contributed by atoms with E-state index in [4.69, 9.17) is 0 Å². The van der Waals surface area contributed by atoms with Gasteiger partial charge in [0, 0.05) is 13.1 Å². The van der Waals surface area contributed by atoms with E-state index in [1.165, 1.54) is 25.7 Å². The molecular weight excluding hydrogens is 262 g/mol. The second-order valence-corrected chi connectivity index (χ2v) is 7.99. The maximum Gasteiger partial charge on any atom is 0.241 e. The zero-order valence-electron chi connectivity index (χ0n) is 14.5. The standard InChI is InChI=1S/C17H33N3O/c1-6-14-16(21)20(12-17(2,3)11-19(4)5)15(18-14)13-9-7-8-10-13/h13-15,18H,6-12H2,1-5H3. The summed E-state index contributed by atoms with van der Waals surface area (Å²) in [6.07, 6.45) is 6.35. The number of nitrogens with one attached hydrogen (secondary N) is 1. The first-order valence-corrected chi connectivity index (χ1v) is 8.55. The van der Waals surface area contributed by atoms with Gasteiger partial charge in [-0.3, -0.25) is 10.1 Å². The lowest BCUT2D eigenvalue weighted by Crippen LogP contribution is -2.48. The van der Waals surface area contributed by atoms with Crippen LogP contribution in [0.2, 0.25) is 0 Å². The average molecular weight is 295 g/mol. The van der Waals surface area contributed by atoms with Gasteiger partial charge in [-0.2, -0.15) is 0 Å². The predicted molar refractivity (Wildman–Crippen MR) is 87.0 cm³/mol. The van der Waals surface area contributed by atoms with Crippen LogP contribution in [0.1, 0.15) is 52.9 Å². The number of hydrogen-bond acceptors (Lipinski definition) is 3. The van der Waals surface area contributed by atoms with Crippen LogP contribution in [0.4, 0.5) is 0 Å². The van der Waals surface area contributed by atoms with E-state index in [9.17, 15) is 4.79 Å². The minimum atomic E-state index is 0.0331. The number of hydrogen-bond donors (Lipinski definition) is 1. The highest BCUT2D eigenvalue weighted by Crippen LogP contribution is 2.34. The van der Waals surface area contributed by atoms with Crippen LogP contribution in [-0.2, 0) is 4.79 Å². The molecule has 1 N–H and O–H groups in total. The average Bonchev–Trinajstić information content (AvgIpc) is 2.97. The Kier molecular flexibility index (Phi) is 5.31. The highest BCUT2D eigenvalue weighted by molar-refractivity contribution is 5.84. The van der Waals surface area contributed by atoms with Crippen molar-refractivity contribution in [2.75, 3.05) is 27.2 Å². The highest BCUT2D eigenvalue weighted by atomic mass is 16.2. The van der Waals surface area contributed by atoms with Gasteiger partial charge in [0.15, 0.2) is 0 Å². The Labute approximate surface area is 130 Å². The fourth-order valence-corrected chi connectivity index (χ4v) is 4.20. The quantitative estimate of drug-likeness (QED) is 0.817. The van der Waals surface area contributed by atoms with Gasteiger partial charge in [0.2, 0.25) is 5.91 Å². The molecule has 4 heteroatoms. The monoisotopic (exact) mass is 295 g/mol. The van der Waals surface area contributed by atoms with Crippen molar-refractivity contribution in [2.45, 2.75) is 65.1 Å². The Morgan fingerprint density at radius 1 is 1.29 bits per heavy atom. The van der Waals surface area contributed by atoms with Gasteiger partial charge in [-0.25, -0.2) is 0 Å². The maximum absolute atomic E-state index is 12.7. The van der Waals surface area contributed by atoms with Crippen LogP contribution >= 0.6 is 0 Å². The molecule has 1 saturated carbocycles. The van der Waals surface area contributed by atoms with Gasteiger partial charge in [-0.15, -0.1) is 0 Å². The Bertz CT molecular complexity index is 361. The van der Waals surface area contributed by atoms with Crippen LogP contribution in [0, 0.1) is 11.3 Å². The summed E-state index contributed by atoms with van der Waals surface area (Å²) in [5.41, 5.74) is 0.125. The van der Waals surface area contributed by atoms with E-state index < -0.39 is 0 Å². The normalized spacial score (nSPS) is 28.1. The summed E-state index contributed by atoms with van der Waals surface area (Å²) in [5, 5.41) is 3.62. The summed E-state index contributed by atoms with van der Waals surface area (Å²) < 4.78 is 0. The first-order valence-electron chi connectivity index (χ1n) is 8.55. The zero-order valence-corrected chi connectivity index (χ0v) is 14.5. The van der Waals surface area contributed by atoms with Crippen molar-refractivity contribution in [3.05, 3.63) is 0 Å². The summed E-state index contributed by atoms with van der Waals surface area (Å²) in [6, 6.07) is 0.0331. The van der Waals surface area contributed by atoms with Gasteiger partial charge in [0.25, 0.3) is 0 Å². The molecule has 1 heterocycles. The van der Waals surface area contributed by atoms with Gasteiger partial charge < -0.3 is 9.80 Å². The van der Waals surface area contributed by atoms with E-state index in [0.29, 0.717) is 11.8 Å². The fraction of sp³-hybridized carbons (Fsp3) is 0.941. The van der Waals surface area contributed by atoms with Crippen LogP contribution in [0.15, 0.2) is 0 Å². The first kappa shape index (κ1) is 16.8. The molecule has 0 aromatic rings. The van der Waals surface area contributed by atoms with Crippen LogP contribution in [0.3, 0.4) is 0 Å². The Hall–Kier alpha value is -0.610. The van der Waals surface area contributed by atoms with Gasteiger partial charge in [0.1, 0.15) is 0 Å². The number of rotatable bonds is 6. The molecule has 0 spiro atoms. The lowest BCUT2D eigenvalue weighted by atomic mass is 9.91. The maximum atomic E-state index is 12.7. The second-order valence-electron chi connectivity index (χ2n) is 7.99. The summed E-state index contributed by atoms with van der Waals surface area (Å²) in [7, 11) is 4.21. The molecule has 1 aliphatic heterocycles. The van der Waals surface area contributed by atoms with E-state index in [2.05, 4.69) is 50.0 Å². The van der Waals surface area contributed by atoms with Gasteiger partial charge >= 0.3 is 0 Å². The first-order chi connectivity index (χ1) is 9.84. The summed E-state index contributed by atoms with van der Waals surface area (Å²) in [6.45, 7) is 8.51. The predicted octanol–water partition coefficient (Wildman–Crippen LogP) is 2.30. The molecule has 1 amide bonds. The summed E-state index contributed by atoms with van der Waals surface area (Å²) in [5.74, 6) is 0.974. The molecule has 122 valence electrons. The summed E-state index contributed by atoms with van der Waals surface area (Å²) in [4.78, 5) is 17.1. The highest BCUT2D eigenvalue weighted by Gasteiger charge is 2.44. The molecule has 2 rings (SSSR count). The van der Waals surface area contributed by atoms with E-state index >= 15 is 0 Å². The number of nitrogens with zero attached hydrogens (tertiary/aromatic N) is 2. The molecule has 1 aliphatic carbocycles. The van der Waals surface area contributed by atoms with Crippen LogP contribution in [0.25, 0.3) is 0 Å². The Morgan fingerprint density at radius 2 is 1.90 bits per heavy atom. The molecular formula is C17H33N3O. The minimum Gasteiger partial charge on any atom is -0.325 e. The van der Waals surface area contributed by atoms with Crippen molar-refractivity contribution in [1.82, 2.24) is 15.1 Å². The van der Waals surface area contributed by atoms with E-state index in [1.54, 1.807) is 0 Å². The fourth-order valence-electron chi connectivity index (χ4n) is 4.20. The van der Waals surface area contributed by atoms with Gasteiger partial charge in [-0.05, 0) is 44.7 Å². The van der Waals surface area contributed by atoms with Crippen molar-refractivity contribution in [1.29, 1.82) is 0 Å². The molecule has 0 radical (unpaired) electrons. The molecule has 2 fully saturated rings. The molecule has 2 atom stereocenters. The smallest absolute Gasteiger partial charge is 0.241 e. The number of carbonyl (C=O) groups is 1. The molecule has 4 nitrogen and oxygen atoms in total.